The van der Waals surface area contributed by atoms with Crippen LogP contribution in [-0.2, 0) is 14.3 Å². The van der Waals surface area contributed by atoms with Gasteiger partial charge in [0, 0.05) is 17.1 Å². The number of amides is 1. The van der Waals surface area contributed by atoms with E-state index in [1.54, 1.807) is 24.3 Å². The van der Waals surface area contributed by atoms with Gasteiger partial charge < -0.3 is 10.1 Å². The second kappa shape index (κ2) is 8.03. The minimum absolute atomic E-state index is 0.254. The Morgan fingerprint density at radius 2 is 2.05 bits per heavy atom. The topological polar surface area (TPSA) is 55.4 Å². The number of halogens is 1. The fourth-order valence-corrected chi connectivity index (χ4v) is 2.79. The average molecular weight is 310 g/mol. The summed E-state index contributed by atoms with van der Waals surface area (Å²) < 4.78 is 4.98. The molecule has 1 aliphatic carbocycles. The van der Waals surface area contributed by atoms with E-state index in [-0.39, 0.29) is 18.5 Å². The molecule has 0 radical (unpaired) electrons. The number of anilines is 1. The van der Waals surface area contributed by atoms with E-state index in [0.29, 0.717) is 23.0 Å². The van der Waals surface area contributed by atoms with Crippen LogP contribution in [0.15, 0.2) is 24.3 Å². The lowest BCUT2D eigenvalue weighted by Gasteiger charge is -2.09. The Labute approximate surface area is 129 Å². The van der Waals surface area contributed by atoms with Gasteiger partial charge in [-0.25, -0.2) is 0 Å². The summed E-state index contributed by atoms with van der Waals surface area (Å²) in [6.45, 7) is -0.254. The molecule has 0 atom stereocenters. The highest BCUT2D eigenvalue weighted by Gasteiger charge is 2.17. The third kappa shape index (κ3) is 5.76. The summed E-state index contributed by atoms with van der Waals surface area (Å²) in [7, 11) is 0. The van der Waals surface area contributed by atoms with Gasteiger partial charge in [0.2, 0.25) is 0 Å². The lowest BCUT2D eigenvalue weighted by Crippen LogP contribution is -2.21. The van der Waals surface area contributed by atoms with E-state index in [2.05, 4.69) is 5.32 Å². The molecule has 0 spiro atoms. The molecule has 1 aromatic rings. The highest BCUT2D eigenvalue weighted by atomic mass is 35.5. The molecule has 4 nitrogen and oxygen atoms in total. The maximum atomic E-state index is 11.7. The molecule has 1 aromatic carbocycles. The Bertz CT molecular complexity index is 498. The number of carbonyl (C=O) groups is 2. The molecule has 21 heavy (non-hydrogen) atoms. The van der Waals surface area contributed by atoms with Gasteiger partial charge in [-0.1, -0.05) is 43.4 Å². The van der Waals surface area contributed by atoms with Gasteiger partial charge in [0.25, 0.3) is 5.91 Å². The fraction of sp³-hybridized carbons (Fsp3) is 0.500. The summed E-state index contributed by atoms with van der Waals surface area (Å²) in [4.78, 5) is 23.2. The largest absolute Gasteiger partial charge is 0.456 e. The molecule has 1 fully saturated rings. The lowest BCUT2D eigenvalue weighted by atomic mass is 10.0. The molecule has 5 heteroatoms. The normalized spacial score (nSPS) is 14.9. The predicted octanol–water partition coefficient (Wildman–Crippen LogP) is 3.79. The Hall–Kier alpha value is -1.55. The SMILES string of the molecule is O=C(COC(=O)CCC1CCCC1)Nc1cccc(Cl)c1. The van der Waals surface area contributed by atoms with Gasteiger partial charge in [-0.2, -0.15) is 0 Å². The van der Waals surface area contributed by atoms with Crippen LogP contribution in [0.4, 0.5) is 5.69 Å². The monoisotopic (exact) mass is 309 g/mol. The van der Waals surface area contributed by atoms with Crippen molar-refractivity contribution in [3.63, 3.8) is 0 Å². The Kier molecular flexibility index (Phi) is 6.05. The number of hydrogen-bond acceptors (Lipinski definition) is 3. The van der Waals surface area contributed by atoms with Crippen LogP contribution in [0.5, 0.6) is 0 Å². The van der Waals surface area contributed by atoms with Crippen LogP contribution in [0.3, 0.4) is 0 Å². The Balaban J connectivity index is 1.64. The predicted molar refractivity (Wildman–Crippen MR) is 82.2 cm³/mol. The zero-order chi connectivity index (χ0) is 15.1. The molecule has 0 heterocycles. The maximum absolute atomic E-state index is 11.7. The lowest BCUT2D eigenvalue weighted by molar-refractivity contribution is -0.147. The first-order chi connectivity index (χ1) is 10.1. The van der Waals surface area contributed by atoms with Gasteiger partial charge in [-0.3, -0.25) is 9.59 Å². The van der Waals surface area contributed by atoms with E-state index in [1.165, 1.54) is 25.7 Å². The third-order valence-electron chi connectivity index (χ3n) is 3.70. The molecule has 1 saturated carbocycles. The van der Waals surface area contributed by atoms with Crippen LogP contribution in [-0.4, -0.2) is 18.5 Å². The van der Waals surface area contributed by atoms with E-state index in [9.17, 15) is 9.59 Å². The summed E-state index contributed by atoms with van der Waals surface area (Å²) in [5.41, 5.74) is 0.592. The first-order valence-electron chi connectivity index (χ1n) is 7.34. The van der Waals surface area contributed by atoms with Crippen LogP contribution < -0.4 is 5.32 Å². The molecule has 0 saturated heterocycles. The van der Waals surface area contributed by atoms with Crippen LogP contribution in [0, 0.1) is 5.92 Å². The highest BCUT2D eigenvalue weighted by molar-refractivity contribution is 6.30. The van der Waals surface area contributed by atoms with Gasteiger partial charge in [-0.15, -0.1) is 0 Å². The van der Waals surface area contributed by atoms with Crippen LogP contribution in [0.25, 0.3) is 0 Å². The summed E-state index contributed by atoms with van der Waals surface area (Å²) in [6.07, 6.45) is 6.22. The quantitative estimate of drug-likeness (QED) is 0.813. The van der Waals surface area contributed by atoms with Gasteiger partial charge >= 0.3 is 5.97 Å². The summed E-state index contributed by atoms with van der Waals surface area (Å²) >= 11 is 5.82. The molecule has 1 amide bonds. The summed E-state index contributed by atoms with van der Waals surface area (Å²) in [5, 5.41) is 3.18. The first-order valence-corrected chi connectivity index (χ1v) is 7.72. The van der Waals surface area contributed by atoms with E-state index >= 15 is 0 Å². The van der Waals surface area contributed by atoms with Crippen molar-refractivity contribution >= 4 is 29.2 Å². The van der Waals surface area contributed by atoms with E-state index in [0.717, 1.165) is 6.42 Å². The Morgan fingerprint density at radius 3 is 2.76 bits per heavy atom. The summed E-state index contributed by atoms with van der Waals surface area (Å²) in [6, 6.07) is 6.83. The second-order valence-corrected chi connectivity index (χ2v) is 5.84. The highest BCUT2D eigenvalue weighted by Crippen LogP contribution is 2.28. The molecule has 0 unspecified atom stereocenters. The van der Waals surface area contributed by atoms with Gasteiger partial charge in [-0.05, 0) is 30.5 Å². The maximum Gasteiger partial charge on any atom is 0.306 e. The number of nitrogens with one attached hydrogen (secondary N) is 1. The number of hydrogen-bond donors (Lipinski definition) is 1. The van der Waals surface area contributed by atoms with E-state index in [4.69, 9.17) is 16.3 Å². The Morgan fingerprint density at radius 1 is 1.29 bits per heavy atom. The van der Waals surface area contributed by atoms with Crippen molar-refractivity contribution in [3.05, 3.63) is 29.3 Å². The third-order valence-corrected chi connectivity index (χ3v) is 3.94. The minimum atomic E-state index is -0.355. The second-order valence-electron chi connectivity index (χ2n) is 5.41. The molecular weight excluding hydrogens is 290 g/mol. The number of benzene rings is 1. The molecule has 0 bridgehead atoms. The van der Waals surface area contributed by atoms with Crippen LogP contribution >= 0.6 is 11.6 Å². The molecule has 1 aliphatic rings. The van der Waals surface area contributed by atoms with Crippen molar-refractivity contribution in [1.29, 1.82) is 0 Å². The van der Waals surface area contributed by atoms with Crippen molar-refractivity contribution in [2.75, 3.05) is 11.9 Å². The average Bonchev–Trinajstić information content (AvgIpc) is 2.96. The number of ether oxygens (including phenoxy) is 1. The van der Waals surface area contributed by atoms with Gasteiger partial charge in [0.05, 0.1) is 0 Å². The van der Waals surface area contributed by atoms with E-state index < -0.39 is 0 Å². The molecule has 1 N–H and O–H groups in total. The molecule has 0 aliphatic heterocycles. The zero-order valence-corrected chi connectivity index (χ0v) is 12.7. The first kappa shape index (κ1) is 15.8. The number of rotatable bonds is 6. The van der Waals surface area contributed by atoms with Gasteiger partial charge in [0.15, 0.2) is 6.61 Å². The zero-order valence-electron chi connectivity index (χ0n) is 11.9. The van der Waals surface area contributed by atoms with Crippen molar-refractivity contribution in [1.82, 2.24) is 0 Å². The molecule has 2 rings (SSSR count). The number of esters is 1. The van der Waals surface area contributed by atoms with Crippen molar-refractivity contribution in [2.45, 2.75) is 38.5 Å². The number of carbonyl (C=O) groups excluding carboxylic acids is 2. The molecular formula is C16H20ClNO3. The minimum Gasteiger partial charge on any atom is -0.456 e. The molecule has 114 valence electrons. The fourth-order valence-electron chi connectivity index (χ4n) is 2.60. The van der Waals surface area contributed by atoms with Gasteiger partial charge in [0.1, 0.15) is 0 Å². The van der Waals surface area contributed by atoms with Crippen molar-refractivity contribution < 1.29 is 14.3 Å². The van der Waals surface area contributed by atoms with Crippen LogP contribution in [0.2, 0.25) is 5.02 Å². The van der Waals surface area contributed by atoms with Crippen molar-refractivity contribution in [3.8, 4) is 0 Å². The smallest absolute Gasteiger partial charge is 0.306 e. The van der Waals surface area contributed by atoms with E-state index in [1.807, 2.05) is 0 Å². The van der Waals surface area contributed by atoms with Crippen LogP contribution in [0.1, 0.15) is 38.5 Å². The summed E-state index contributed by atoms with van der Waals surface area (Å²) in [5.74, 6) is -0.00698. The standard InChI is InChI=1S/C16H20ClNO3/c17-13-6-3-7-14(10-13)18-15(19)11-21-16(20)9-8-12-4-1-2-5-12/h3,6-7,10,12H,1-2,4-5,8-9,11H2,(H,18,19). The molecule has 0 aromatic heterocycles. The van der Waals surface area contributed by atoms with Crippen molar-refractivity contribution in [2.24, 2.45) is 5.92 Å².